The molecule has 0 aromatic heterocycles. The SMILES string of the molecule is CC(C)(CCO)NC(=O)C1CCCCO1. The van der Waals surface area contributed by atoms with E-state index in [-0.39, 0.29) is 24.2 Å². The van der Waals surface area contributed by atoms with E-state index in [1.54, 1.807) is 0 Å². The summed E-state index contributed by atoms with van der Waals surface area (Å²) in [7, 11) is 0. The van der Waals surface area contributed by atoms with Crippen molar-refractivity contribution in [3.8, 4) is 0 Å². The van der Waals surface area contributed by atoms with E-state index in [9.17, 15) is 4.79 Å². The van der Waals surface area contributed by atoms with Gasteiger partial charge in [0.2, 0.25) is 5.91 Å². The van der Waals surface area contributed by atoms with Crippen LogP contribution in [0.2, 0.25) is 0 Å². The topological polar surface area (TPSA) is 58.6 Å². The molecule has 1 aliphatic heterocycles. The van der Waals surface area contributed by atoms with Crippen molar-refractivity contribution < 1.29 is 14.6 Å². The lowest BCUT2D eigenvalue weighted by Crippen LogP contribution is -2.49. The van der Waals surface area contributed by atoms with Gasteiger partial charge in [0.25, 0.3) is 0 Å². The fourth-order valence-electron chi connectivity index (χ4n) is 1.70. The molecule has 2 N–H and O–H groups in total. The van der Waals surface area contributed by atoms with Crippen LogP contribution in [0.15, 0.2) is 0 Å². The number of aliphatic hydroxyl groups is 1. The lowest BCUT2D eigenvalue weighted by atomic mass is 10.00. The normalized spacial score (nSPS) is 22.5. The van der Waals surface area contributed by atoms with E-state index in [4.69, 9.17) is 9.84 Å². The molecular formula is C11H21NO3. The van der Waals surface area contributed by atoms with Crippen LogP contribution in [0.5, 0.6) is 0 Å². The van der Waals surface area contributed by atoms with Crippen LogP contribution in [0.1, 0.15) is 39.5 Å². The van der Waals surface area contributed by atoms with Gasteiger partial charge in [-0.25, -0.2) is 0 Å². The predicted octanol–water partition coefficient (Wildman–Crippen LogP) is 0.833. The van der Waals surface area contributed by atoms with E-state index in [0.29, 0.717) is 13.0 Å². The Balaban J connectivity index is 2.39. The Morgan fingerprint density at radius 1 is 1.53 bits per heavy atom. The Kier molecular flexibility index (Phi) is 4.54. The molecular weight excluding hydrogens is 194 g/mol. The van der Waals surface area contributed by atoms with E-state index < -0.39 is 0 Å². The van der Waals surface area contributed by atoms with E-state index in [1.165, 1.54) is 0 Å². The molecule has 1 heterocycles. The van der Waals surface area contributed by atoms with Crippen molar-refractivity contribution in [3.05, 3.63) is 0 Å². The average molecular weight is 215 g/mol. The van der Waals surface area contributed by atoms with Crippen LogP contribution in [0.4, 0.5) is 0 Å². The second-order valence-electron chi connectivity index (χ2n) is 4.70. The highest BCUT2D eigenvalue weighted by Crippen LogP contribution is 2.15. The monoisotopic (exact) mass is 215 g/mol. The van der Waals surface area contributed by atoms with Gasteiger partial charge in [0, 0.05) is 18.8 Å². The number of carbonyl (C=O) groups is 1. The van der Waals surface area contributed by atoms with Crippen LogP contribution in [0, 0.1) is 0 Å². The van der Waals surface area contributed by atoms with Gasteiger partial charge in [0.15, 0.2) is 0 Å². The lowest BCUT2D eigenvalue weighted by Gasteiger charge is -2.29. The first kappa shape index (κ1) is 12.5. The van der Waals surface area contributed by atoms with Crippen molar-refractivity contribution in [2.75, 3.05) is 13.2 Å². The van der Waals surface area contributed by atoms with Crippen molar-refractivity contribution in [2.24, 2.45) is 0 Å². The maximum Gasteiger partial charge on any atom is 0.249 e. The number of ether oxygens (including phenoxy) is 1. The second kappa shape index (κ2) is 5.47. The van der Waals surface area contributed by atoms with Crippen LogP contribution in [0.25, 0.3) is 0 Å². The summed E-state index contributed by atoms with van der Waals surface area (Å²) in [4.78, 5) is 11.8. The molecule has 4 nitrogen and oxygen atoms in total. The third-order valence-electron chi connectivity index (χ3n) is 2.67. The molecule has 1 fully saturated rings. The third-order valence-corrected chi connectivity index (χ3v) is 2.67. The van der Waals surface area contributed by atoms with E-state index in [0.717, 1.165) is 19.3 Å². The summed E-state index contributed by atoms with van der Waals surface area (Å²) in [5, 5.41) is 11.7. The average Bonchev–Trinajstić information content (AvgIpc) is 2.18. The molecule has 0 aliphatic carbocycles. The number of amides is 1. The van der Waals surface area contributed by atoms with Gasteiger partial charge in [-0.1, -0.05) is 0 Å². The maximum atomic E-state index is 11.8. The van der Waals surface area contributed by atoms with Gasteiger partial charge in [-0.15, -0.1) is 0 Å². The maximum absolute atomic E-state index is 11.8. The van der Waals surface area contributed by atoms with Gasteiger partial charge in [0.1, 0.15) is 6.10 Å². The zero-order valence-electron chi connectivity index (χ0n) is 9.58. The highest BCUT2D eigenvalue weighted by Gasteiger charge is 2.27. The Labute approximate surface area is 91.0 Å². The molecule has 0 saturated carbocycles. The Morgan fingerprint density at radius 3 is 2.80 bits per heavy atom. The quantitative estimate of drug-likeness (QED) is 0.730. The standard InChI is InChI=1S/C11H21NO3/c1-11(2,6-7-13)12-10(14)9-5-3-4-8-15-9/h9,13H,3-8H2,1-2H3,(H,12,14). The van der Waals surface area contributed by atoms with Crippen molar-refractivity contribution >= 4 is 5.91 Å². The van der Waals surface area contributed by atoms with E-state index in [2.05, 4.69) is 5.32 Å². The first-order valence-corrected chi connectivity index (χ1v) is 5.60. The minimum Gasteiger partial charge on any atom is -0.396 e. The highest BCUT2D eigenvalue weighted by atomic mass is 16.5. The minimum absolute atomic E-state index is 0.0480. The van der Waals surface area contributed by atoms with Crippen molar-refractivity contribution in [3.63, 3.8) is 0 Å². The largest absolute Gasteiger partial charge is 0.396 e. The molecule has 0 aromatic rings. The van der Waals surface area contributed by atoms with Crippen LogP contribution in [-0.2, 0) is 9.53 Å². The van der Waals surface area contributed by atoms with E-state index >= 15 is 0 Å². The molecule has 1 saturated heterocycles. The van der Waals surface area contributed by atoms with Crippen molar-refractivity contribution in [1.29, 1.82) is 0 Å². The predicted molar refractivity (Wildman–Crippen MR) is 57.5 cm³/mol. The summed E-state index contributed by atoms with van der Waals surface area (Å²) in [5.41, 5.74) is -0.355. The van der Waals surface area contributed by atoms with Gasteiger partial charge < -0.3 is 15.2 Å². The van der Waals surface area contributed by atoms with Crippen molar-refractivity contribution in [2.45, 2.75) is 51.2 Å². The number of rotatable bonds is 4. The zero-order valence-corrected chi connectivity index (χ0v) is 9.58. The summed E-state index contributed by atoms with van der Waals surface area (Å²) in [5.74, 6) is -0.0480. The van der Waals surface area contributed by atoms with E-state index in [1.807, 2.05) is 13.8 Å². The molecule has 88 valence electrons. The molecule has 15 heavy (non-hydrogen) atoms. The summed E-state index contributed by atoms with van der Waals surface area (Å²) < 4.78 is 5.39. The summed E-state index contributed by atoms with van der Waals surface area (Å²) >= 11 is 0. The van der Waals surface area contributed by atoms with Crippen LogP contribution >= 0.6 is 0 Å². The molecule has 0 radical (unpaired) electrons. The first-order valence-electron chi connectivity index (χ1n) is 5.60. The Morgan fingerprint density at radius 2 is 2.27 bits per heavy atom. The smallest absolute Gasteiger partial charge is 0.249 e. The first-order chi connectivity index (χ1) is 7.05. The van der Waals surface area contributed by atoms with Crippen LogP contribution < -0.4 is 5.32 Å². The third kappa shape index (κ3) is 4.18. The van der Waals surface area contributed by atoms with Crippen LogP contribution in [-0.4, -0.2) is 35.9 Å². The molecule has 0 bridgehead atoms. The number of carbonyl (C=O) groups excluding carboxylic acids is 1. The Bertz CT molecular complexity index is 210. The number of hydrogen-bond acceptors (Lipinski definition) is 3. The molecule has 1 unspecified atom stereocenters. The molecule has 1 atom stereocenters. The molecule has 4 heteroatoms. The van der Waals surface area contributed by atoms with Gasteiger partial charge in [-0.3, -0.25) is 4.79 Å². The number of hydrogen-bond donors (Lipinski definition) is 2. The molecule has 1 amide bonds. The molecule has 0 aromatic carbocycles. The Hall–Kier alpha value is -0.610. The summed E-state index contributed by atoms with van der Waals surface area (Å²) in [6.07, 6.45) is 3.17. The highest BCUT2D eigenvalue weighted by molar-refractivity contribution is 5.81. The molecule has 1 rings (SSSR count). The number of nitrogens with one attached hydrogen (secondary N) is 1. The lowest BCUT2D eigenvalue weighted by molar-refractivity contribution is -0.137. The summed E-state index contributed by atoms with van der Waals surface area (Å²) in [6.45, 7) is 4.57. The van der Waals surface area contributed by atoms with Gasteiger partial charge in [0.05, 0.1) is 0 Å². The fraction of sp³-hybridized carbons (Fsp3) is 0.909. The van der Waals surface area contributed by atoms with Gasteiger partial charge in [-0.05, 0) is 39.5 Å². The minimum atomic E-state index is -0.355. The van der Waals surface area contributed by atoms with Gasteiger partial charge >= 0.3 is 0 Å². The molecule has 0 spiro atoms. The second-order valence-corrected chi connectivity index (χ2v) is 4.70. The van der Waals surface area contributed by atoms with Crippen molar-refractivity contribution in [1.82, 2.24) is 5.32 Å². The number of aliphatic hydroxyl groups excluding tert-OH is 1. The van der Waals surface area contributed by atoms with Crippen LogP contribution in [0.3, 0.4) is 0 Å². The molecule has 1 aliphatic rings. The zero-order chi connectivity index (χ0) is 11.3. The fourth-order valence-corrected chi connectivity index (χ4v) is 1.70. The van der Waals surface area contributed by atoms with Gasteiger partial charge in [-0.2, -0.15) is 0 Å². The summed E-state index contributed by atoms with van der Waals surface area (Å²) in [6, 6.07) is 0.